The van der Waals surface area contributed by atoms with Crippen molar-refractivity contribution in [3.05, 3.63) is 29.6 Å². The van der Waals surface area contributed by atoms with Crippen LogP contribution in [-0.2, 0) is 13.5 Å². The Balaban J connectivity index is 1.91. The molecule has 0 saturated carbocycles. The van der Waals surface area contributed by atoms with E-state index in [4.69, 9.17) is 5.73 Å². The van der Waals surface area contributed by atoms with Crippen LogP contribution in [0.3, 0.4) is 0 Å². The van der Waals surface area contributed by atoms with Crippen molar-refractivity contribution in [3.8, 4) is 0 Å². The van der Waals surface area contributed by atoms with Gasteiger partial charge < -0.3 is 5.73 Å². The third kappa shape index (κ3) is 2.69. The summed E-state index contributed by atoms with van der Waals surface area (Å²) in [6, 6.07) is 2.38. The zero-order chi connectivity index (χ0) is 10.7. The zero-order valence-electron chi connectivity index (χ0n) is 9.32. The lowest BCUT2D eigenvalue weighted by atomic mass is 9.93. The van der Waals surface area contributed by atoms with Crippen LogP contribution in [0.4, 0.5) is 0 Å². The van der Waals surface area contributed by atoms with Crippen molar-refractivity contribution in [2.45, 2.75) is 38.1 Å². The summed E-state index contributed by atoms with van der Waals surface area (Å²) in [5, 5.41) is 4.17. The molecule has 1 aliphatic rings. The highest BCUT2D eigenvalue weighted by Crippen LogP contribution is 2.21. The largest absolute Gasteiger partial charge is 0.324 e. The Morgan fingerprint density at radius 2 is 2.40 bits per heavy atom. The fourth-order valence-electron chi connectivity index (χ4n) is 2.18. The van der Waals surface area contributed by atoms with E-state index < -0.39 is 0 Å². The van der Waals surface area contributed by atoms with Gasteiger partial charge in [-0.25, -0.2) is 0 Å². The van der Waals surface area contributed by atoms with Crippen molar-refractivity contribution in [2.24, 2.45) is 12.8 Å². The van der Waals surface area contributed by atoms with Gasteiger partial charge in [0.1, 0.15) is 0 Å². The van der Waals surface area contributed by atoms with Crippen molar-refractivity contribution >= 4 is 0 Å². The summed E-state index contributed by atoms with van der Waals surface area (Å²) < 4.78 is 1.95. The van der Waals surface area contributed by atoms with Crippen molar-refractivity contribution in [1.29, 1.82) is 0 Å². The minimum atomic E-state index is 0.292. The zero-order valence-corrected chi connectivity index (χ0v) is 9.32. The van der Waals surface area contributed by atoms with Crippen LogP contribution < -0.4 is 5.73 Å². The summed E-state index contributed by atoms with van der Waals surface area (Å²) in [6.07, 6.45) is 9.94. The molecule has 0 aliphatic heterocycles. The Labute approximate surface area is 91.0 Å². The molecule has 2 rings (SSSR count). The molecule has 1 aromatic rings. The van der Waals surface area contributed by atoms with Crippen molar-refractivity contribution < 1.29 is 0 Å². The highest BCUT2D eigenvalue weighted by atomic mass is 15.2. The van der Waals surface area contributed by atoms with Crippen LogP contribution in [0.2, 0.25) is 0 Å². The van der Waals surface area contributed by atoms with Gasteiger partial charge in [-0.1, -0.05) is 11.6 Å². The fraction of sp³-hybridized carbons (Fsp3) is 0.583. The standard InChI is InChI=1S/C12H19N3/c1-15-12(7-8-14-15)6-5-10-3-2-4-11(13)9-10/h7-9,11H,2-6,13H2,1H3. The maximum atomic E-state index is 5.91. The SMILES string of the molecule is Cn1nccc1CCC1=CC(N)CCC1. The second-order valence-electron chi connectivity index (χ2n) is 4.33. The molecule has 0 bridgehead atoms. The van der Waals surface area contributed by atoms with E-state index >= 15 is 0 Å². The summed E-state index contributed by atoms with van der Waals surface area (Å²) in [7, 11) is 2.00. The molecule has 0 saturated heterocycles. The molecule has 1 atom stereocenters. The van der Waals surface area contributed by atoms with Crippen LogP contribution in [-0.4, -0.2) is 15.8 Å². The lowest BCUT2D eigenvalue weighted by Gasteiger charge is -2.17. The monoisotopic (exact) mass is 205 g/mol. The Morgan fingerprint density at radius 1 is 1.53 bits per heavy atom. The normalized spacial score (nSPS) is 21.5. The van der Waals surface area contributed by atoms with Gasteiger partial charge in [-0.15, -0.1) is 0 Å². The summed E-state index contributed by atoms with van der Waals surface area (Å²) in [5.74, 6) is 0. The molecule has 3 nitrogen and oxygen atoms in total. The smallest absolute Gasteiger partial charge is 0.0492 e. The molecule has 3 heteroatoms. The molecule has 1 heterocycles. The Kier molecular flexibility index (Phi) is 3.21. The molecule has 82 valence electrons. The van der Waals surface area contributed by atoms with E-state index in [0.717, 1.165) is 19.3 Å². The molecule has 0 amide bonds. The van der Waals surface area contributed by atoms with Gasteiger partial charge in [-0.2, -0.15) is 5.10 Å². The predicted molar refractivity (Wildman–Crippen MR) is 61.4 cm³/mol. The van der Waals surface area contributed by atoms with Crippen LogP contribution in [0, 0.1) is 0 Å². The first-order valence-corrected chi connectivity index (χ1v) is 5.68. The van der Waals surface area contributed by atoms with Gasteiger partial charge in [-0.05, 0) is 38.2 Å². The Morgan fingerprint density at radius 3 is 3.07 bits per heavy atom. The first-order valence-electron chi connectivity index (χ1n) is 5.68. The minimum Gasteiger partial charge on any atom is -0.324 e. The second-order valence-corrected chi connectivity index (χ2v) is 4.33. The van der Waals surface area contributed by atoms with Gasteiger partial charge in [0.05, 0.1) is 0 Å². The molecule has 0 aromatic carbocycles. The summed E-state index contributed by atoms with van der Waals surface area (Å²) in [6.45, 7) is 0. The van der Waals surface area contributed by atoms with E-state index in [1.165, 1.54) is 24.1 Å². The van der Waals surface area contributed by atoms with Crippen LogP contribution in [0.25, 0.3) is 0 Å². The third-order valence-corrected chi connectivity index (χ3v) is 3.11. The number of aryl methyl sites for hydroxylation is 2. The average Bonchev–Trinajstić information content (AvgIpc) is 2.61. The molecule has 2 N–H and O–H groups in total. The lowest BCUT2D eigenvalue weighted by molar-refractivity contribution is 0.603. The second kappa shape index (κ2) is 4.62. The van der Waals surface area contributed by atoms with Gasteiger partial charge in [0.25, 0.3) is 0 Å². The highest BCUT2D eigenvalue weighted by Gasteiger charge is 2.10. The summed E-state index contributed by atoms with van der Waals surface area (Å²) >= 11 is 0. The average molecular weight is 205 g/mol. The minimum absolute atomic E-state index is 0.292. The van der Waals surface area contributed by atoms with Crippen LogP contribution in [0.15, 0.2) is 23.9 Å². The summed E-state index contributed by atoms with van der Waals surface area (Å²) in [4.78, 5) is 0. The van der Waals surface area contributed by atoms with Crippen LogP contribution in [0.1, 0.15) is 31.4 Å². The van der Waals surface area contributed by atoms with Gasteiger partial charge in [0.2, 0.25) is 0 Å². The third-order valence-electron chi connectivity index (χ3n) is 3.11. The van der Waals surface area contributed by atoms with E-state index in [9.17, 15) is 0 Å². The van der Waals surface area contributed by atoms with Crippen molar-refractivity contribution in [3.63, 3.8) is 0 Å². The molecule has 1 unspecified atom stereocenters. The summed E-state index contributed by atoms with van der Waals surface area (Å²) in [5.41, 5.74) is 8.73. The molecule has 0 radical (unpaired) electrons. The molecule has 0 spiro atoms. The highest BCUT2D eigenvalue weighted by molar-refractivity contribution is 5.12. The number of hydrogen-bond acceptors (Lipinski definition) is 2. The number of nitrogens with zero attached hydrogens (tertiary/aromatic N) is 2. The predicted octanol–water partition coefficient (Wildman–Crippen LogP) is 1.79. The van der Waals surface area contributed by atoms with E-state index in [2.05, 4.69) is 17.2 Å². The lowest BCUT2D eigenvalue weighted by Crippen LogP contribution is -2.20. The van der Waals surface area contributed by atoms with Gasteiger partial charge in [-0.3, -0.25) is 4.68 Å². The Bertz CT molecular complexity index is 352. The molecular formula is C12H19N3. The molecule has 0 fully saturated rings. The van der Waals surface area contributed by atoms with E-state index in [-0.39, 0.29) is 0 Å². The Hall–Kier alpha value is -1.09. The van der Waals surface area contributed by atoms with Gasteiger partial charge in [0.15, 0.2) is 0 Å². The van der Waals surface area contributed by atoms with Gasteiger partial charge in [0, 0.05) is 25.0 Å². The number of hydrogen-bond donors (Lipinski definition) is 1. The van der Waals surface area contributed by atoms with Crippen molar-refractivity contribution in [2.75, 3.05) is 0 Å². The molecule has 15 heavy (non-hydrogen) atoms. The first-order chi connectivity index (χ1) is 7.25. The van der Waals surface area contributed by atoms with Crippen LogP contribution in [0.5, 0.6) is 0 Å². The fourth-order valence-corrected chi connectivity index (χ4v) is 2.18. The number of aromatic nitrogens is 2. The molecule has 1 aromatic heterocycles. The van der Waals surface area contributed by atoms with Crippen LogP contribution >= 0.6 is 0 Å². The van der Waals surface area contributed by atoms with E-state index in [1.54, 1.807) is 0 Å². The van der Waals surface area contributed by atoms with Crippen molar-refractivity contribution in [1.82, 2.24) is 9.78 Å². The maximum absolute atomic E-state index is 5.91. The number of nitrogens with two attached hydrogens (primary N) is 1. The first kappa shape index (κ1) is 10.4. The molecule has 1 aliphatic carbocycles. The molecular weight excluding hydrogens is 186 g/mol. The maximum Gasteiger partial charge on any atom is 0.0492 e. The number of rotatable bonds is 3. The van der Waals surface area contributed by atoms with Gasteiger partial charge >= 0.3 is 0 Å². The van der Waals surface area contributed by atoms with E-state index in [1.807, 2.05) is 17.9 Å². The van der Waals surface area contributed by atoms with E-state index in [0.29, 0.717) is 6.04 Å². The topological polar surface area (TPSA) is 43.8 Å². The number of allylic oxidation sites excluding steroid dienone is 1. The quantitative estimate of drug-likeness (QED) is 0.765.